The van der Waals surface area contributed by atoms with Crippen molar-refractivity contribution in [2.24, 2.45) is 0 Å². The maximum Gasteiger partial charge on any atom is 0.338 e. The Hall–Kier alpha value is -2.97. The molecule has 1 fully saturated rings. The fraction of sp³-hybridized carbons (Fsp3) is 0.393. The van der Waals surface area contributed by atoms with Gasteiger partial charge >= 0.3 is 5.97 Å². The molecule has 1 atom stereocenters. The highest BCUT2D eigenvalue weighted by Gasteiger charge is 2.36. The Labute approximate surface area is 227 Å². The first-order valence-electron chi connectivity index (χ1n) is 12.7. The Morgan fingerprint density at radius 3 is 2.57 bits per heavy atom. The lowest BCUT2D eigenvalue weighted by Crippen LogP contribution is -2.32. The van der Waals surface area contributed by atoms with Crippen molar-refractivity contribution in [3.63, 3.8) is 0 Å². The quantitative estimate of drug-likeness (QED) is 0.274. The number of fused-ring (bicyclic) bond motifs is 1. The minimum atomic E-state index is -0.439. The molecule has 9 heteroatoms. The monoisotopic (exact) mass is 537 g/mol. The van der Waals surface area contributed by atoms with Crippen molar-refractivity contribution in [3.8, 4) is 0 Å². The Morgan fingerprint density at radius 2 is 1.86 bits per heavy atom. The Kier molecular flexibility index (Phi) is 7.76. The van der Waals surface area contributed by atoms with Gasteiger partial charge in [-0.15, -0.1) is 5.10 Å². The van der Waals surface area contributed by atoms with Crippen molar-refractivity contribution in [1.29, 1.82) is 0 Å². The molecular weight excluding hydrogens is 506 g/mol. The summed E-state index contributed by atoms with van der Waals surface area (Å²) >= 11 is 7.86. The first kappa shape index (κ1) is 25.7. The number of anilines is 2. The van der Waals surface area contributed by atoms with Gasteiger partial charge in [0.2, 0.25) is 11.1 Å². The van der Waals surface area contributed by atoms with Crippen molar-refractivity contribution in [2.75, 3.05) is 24.3 Å². The van der Waals surface area contributed by atoms with E-state index < -0.39 is 6.04 Å². The lowest BCUT2D eigenvalue weighted by atomic mass is 9.94. The second-order valence-electron chi connectivity index (χ2n) is 9.76. The van der Waals surface area contributed by atoms with E-state index in [1.807, 2.05) is 50.0 Å². The van der Waals surface area contributed by atoms with E-state index >= 15 is 0 Å². The third-order valence-electron chi connectivity index (χ3n) is 6.92. The second kappa shape index (κ2) is 11.2. The molecule has 0 bridgehead atoms. The zero-order valence-electron chi connectivity index (χ0n) is 21.4. The minimum Gasteiger partial charge on any atom is -0.459 e. The number of nitrogens with zero attached hydrogens (tertiary/aromatic N) is 4. The number of carbonyl (C=O) groups excluding carboxylic acids is 1. The van der Waals surface area contributed by atoms with E-state index in [2.05, 4.69) is 34.5 Å². The van der Waals surface area contributed by atoms with Crippen LogP contribution in [-0.4, -0.2) is 40.9 Å². The Morgan fingerprint density at radius 1 is 1.14 bits per heavy atom. The summed E-state index contributed by atoms with van der Waals surface area (Å²) in [6.07, 6.45) is 5.22. The summed E-state index contributed by atoms with van der Waals surface area (Å²) in [5.41, 5.74) is 4.38. The van der Waals surface area contributed by atoms with Crippen molar-refractivity contribution >= 4 is 41.0 Å². The Bertz CT molecular complexity index is 1300. The zero-order valence-corrected chi connectivity index (χ0v) is 23.0. The van der Waals surface area contributed by atoms with E-state index in [4.69, 9.17) is 26.4 Å². The van der Waals surface area contributed by atoms with E-state index in [9.17, 15) is 4.79 Å². The summed E-state index contributed by atoms with van der Waals surface area (Å²) in [6, 6.07) is 15.6. The molecule has 1 N–H and O–H groups in total. The second-order valence-corrected chi connectivity index (χ2v) is 11.1. The zero-order chi connectivity index (χ0) is 25.9. The van der Waals surface area contributed by atoms with Crippen LogP contribution in [0.3, 0.4) is 0 Å². The number of hydrogen-bond donors (Lipinski definition) is 1. The average Bonchev–Trinajstić information content (AvgIpc) is 3.30. The van der Waals surface area contributed by atoms with Crippen LogP contribution in [0, 0.1) is 0 Å². The number of esters is 1. The molecule has 37 heavy (non-hydrogen) atoms. The van der Waals surface area contributed by atoms with Crippen LogP contribution in [0.5, 0.6) is 0 Å². The summed E-state index contributed by atoms with van der Waals surface area (Å²) in [7, 11) is 4.02. The number of nitrogens with one attached hydrogen (secondary N) is 1. The van der Waals surface area contributed by atoms with Crippen LogP contribution >= 0.6 is 23.4 Å². The third-order valence-corrected chi connectivity index (χ3v) is 8.17. The van der Waals surface area contributed by atoms with Crippen LogP contribution in [-0.2, 0) is 15.3 Å². The minimum absolute atomic E-state index is 0.0304. The summed E-state index contributed by atoms with van der Waals surface area (Å²) in [5.74, 6) is 0.967. The fourth-order valence-electron chi connectivity index (χ4n) is 4.88. The smallest absolute Gasteiger partial charge is 0.338 e. The van der Waals surface area contributed by atoms with Gasteiger partial charge in [0.1, 0.15) is 12.1 Å². The largest absolute Gasteiger partial charge is 0.459 e. The number of allylic oxidation sites excluding steroid dienone is 1. The van der Waals surface area contributed by atoms with Gasteiger partial charge in [0.25, 0.3) is 0 Å². The van der Waals surface area contributed by atoms with E-state index in [-0.39, 0.29) is 12.1 Å². The molecule has 1 aromatic heterocycles. The van der Waals surface area contributed by atoms with Gasteiger partial charge in [-0.25, -0.2) is 9.48 Å². The predicted molar refractivity (Wildman–Crippen MR) is 149 cm³/mol. The molecule has 0 spiro atoms. The van der Waals surface area contributed by atoms with Crippen molar-refractivity contribution in [3.05, 3.63) is 76.0 Å². The van der Waals surface area contributed by atoms with E-state index in [0.29, 0.717) is 22.4 Å². The lowest BCUT2D eigenvalue weighted by Gasteiger charge is -2.30. The molecule has 2 aliphatic rings. The molecule has 1 saturated carbocycles. The molecule has 1 aliphatic carbocycles. The van der Waals surface area contributed by atoms with Crippen LogP contribution in [0.1, 0.15) is 56.2 Å². The van der Waals surface area contributed by atoms with Gasteiger partial charge in [-0.2, -0.15) is 4.98 Å². The fourth-order valence-corrected chi connectivity index (χ4v) is 5.99. The van der Waals surface area contributed by atoms with Crippen molar-refractivity contribution in [1.82, 2.24) is 14.8 Å². The van der Waals surface area contributed by atoms with Gasteiger partial charge in [0.05, 0.1) is 5.57 Å². The SMILES string of the molecule is CC1=C(C(=O)OC2CCCCC2)C(c2ccc(N(C)C)cc2)n2nc(SCc3ccccc3Cl)nc2N1. The summed E-state index contributed by atoms with van der Waals surface area (Å²) in [5, 5.41) is 9.48. The molecule has 0 saturated heterocycles. The lowest BCUT2D eigenvalue weighted by molar-refractivity contribution is -0.146. The van der Waals surface area contributed by atoms with Gasteiger partial charge in [-0.05, 0) is 61.9 Å². The van der Waals surface area contributed by atoms with Crippen LogP contribution in [0.2, 0.25) is 5.02 Å². The van der Waals surface area contributed by atoms with Crippen LogP contribution in [0.15, 0.2) is 65.0 Å². The first-order valence-corrected chi connectivity index (χ1v) is 14.1. The number of benzene rings is 2. The molecule has 0 radical (unpaired) electrons. The highest BCUT2D eigenvalue weighted by molar-refractivity contribution is 7.98. The maximum absolute atomic E-state index is 13.6. The topological polar surface area (TPSA) is 72.3 Å². The molecule has 1 aliphatic heterocycles. The molecule has 3 aromatic rings. The van der Waals surface area contributed by atoms with Crippen LogP contribution in [0.25, 0.3) is 0 Å². The number of hydrogen-bond acceptors (Lipinski definition) is 7. The van der Waals surface area contributed by atoms with Crippen molar-refractivity contribution < 1.29 is 9.53 Å². The highest BCUT2D eigenvalue weighted by atomic mass is 35.5. The third kappa shape index (κ3) is 5.65. The summed E-state index contributed by atoms with van der Waals surface area (Å²) in [6.45, 7) is 1.91. The van der Waals surface area contributed by atoms with Crippen LogP contribution in [0.4, 0.5) is 11.6 Å². The molecule has 0 amide bonds. The summed E-state index contributed by atoms with van der Waals surface area (Å²) < 4.78 is 7.84. The molecule has 2 heterocycles. The number of aromatic nitrogens is 3. The number of rotatable bonds is 7. The van der Waals surface area contributed by atoms with E-state index in [1.165, 1.54) is 18.2 Å². The molecule has 194 valence electrons. The molecule has 1 unspecified atom stereocenters. The first-order chi connectivity index (χ1) is 17.9. The maximum atomic E-state index is 13.6. The highest BCUT2D eigenvalue weighted by Crippen LogP contribution is 2.38. The van der Waals surface area contributed by atoms with Gasteiger partial charge in [0, 0.05) is 36.3 Å². The average molecular weight is 538 g/mol. The van der Waals surface area contributed by atoms with E-state index in [0.717, 1.165) is 53.2 Å². The Balaban J connectivity index is 1.47. The van der Waals surface area contributed by atoms with Gasteiger partial charge in [0.15, 0.2) is 0 Å². The van der Waals surface area contributed by atoms with Crippen LogP contribution < -0.4 is 10.2 Å². The molecule has 2 aromatic carbocycles. The normalized spacial score (nSPS) is 17.8. The van der Waals surface area contributed by atoms with Gasteiger partial charge < -0.3 is 15.0 Å². The number of halogens is 1. The predicted octanol–water partition coefficient (Wildman–Crippen LogP) is 6.45. The summed E-state index contributed by atoms with van der Waals surface area (Å²) in [4.78, 5) is 20.4. The molecule has 5 rings (SSSR count). The molecular formula is C28H32ClN5O2S. The molecule has 7 nitrogen and oxygen atoms in total. The number of thioether (sulfide) groups is 1. The van der Waals surface area contributed by atoms with Gasteiger partial charge in [-0.1, -0.05) is 60.1 Å². The van der Waals surface area contributed by atoms with E-state index in [1.54, 1.807) is 0 Å². The van der Waals surface area contributed by atoms with Crippen molar-refractivity contribution in [2.45, 2.75) is 62.1 Å². The number of ether oxygens (including phenoxy) is 1. The van der Waals surface area contributed by atoms with Gasteiger partial charge in [-0.3, -0.25) is 0 Å². The number of carbonyl (C=O) groups is 1. The standard InChI is InChI=1S/C28H32ClN5O2S/c1-18-24(26(35)36-22-10-5-4-6-11-22)25(19-13-15-21(16-14-19)33(2)3)34-27(30-18)31-28(32-34)37-17-20-9-7-8-12-23(20)29/h7-9,12-16,22,25H,4-6,10-11,17H2,1-3H3,(H,30,31,32).